The lowest BCUT2D eigenvalue weighted by Crippen LogP contribution is -2.29. The second-order valence-electron chi connectivity index (χ2n) is 3.86. The zero-order chi connectivity index (χ0) is 10.1. The molecule has 3 rings (SSSR count). The third kappa shape index (κ3) is 1.59. The Bertz CT molecular complexity index is 461. The predicted octanol–water partition coefficient (Wildman–Crippen LogP) is 1.08. The van der Waals surface area contributed by atoms with Gasteiger partial charge in [-0.05, 0) is 19.4 Å². The van der Waals surface area contributed by atoms with Crippen LogP contribution in [0.4, 0.5) is 0 Å². The van der Waals surface area contributed by atoms with Crippen molar-refractivity contribution in [2.75, 3.05) is 13.1 Å². The monoisotopic (exact) mass is 204 g/mol. The summed E-state index contributed by atoms with van der Waals surface area (Å²) in [6.45, 7) is 2.06. The van der Waals surface area contributed by atoms with Crippen LogP contribution < -0.4 is 5.32 Å². The summed E-state index contributed by atoms with van der Waals surface area (Å²) in [7, 11) is 0. The van der Waals surface area contributed by atoms with Crippen molar-refractivity contribution >= 4 is 11.1 Å². The smallest absolute Gasteiger partial charge is 0.260 e. The Morgan fingerprint density at radius 2 is 2.40 bits per heavy atom. The van der Waals surface area contributed by atoms with E-state index in [4.69, 9.17) is 4.52 Å². The number of rotatable bonds is 1. The van der Waals surface area contributed by atoms with Gasteiger partial charge in [0.1, 0.15) is 5.82 Å². The Labute approximate surface area is 86.9 Å². The Balaban J connectivity index is 1.95. The van der Waals surface area contributed by atoms with Gasteiger partial charge in [0, 0.05) is 18.7 Å². The highest BCUT2D eigenvalue weighted by molar-refractivity contribution is 5.70. The van der Waals surface area contributed by atoms with Gasteiger partial charge in [0.2, 0.25) is 0 Å². The lowest BCUT2D eigenvalue weighted by atomic mass is 9.99. The van der Waals surface area contributed by atoms with E-state index in [2.05, 4.69) is 20.4 Å². The molecule has 2 aromatic rings. The molecule has 2 aromatic heterocycles. The molecule has 1 N–H and O–H groups in total. The molecule has 0 amide bonds. The van der Waals surface area contributed by atoms with Crippen molar-refractivity contribution in [1.29, 1.82) is 0 Å². The number of nitrogens with zero attached hydrogens (tertiary/aromatic N) is 3. The molecule has 15 heavy (non-hydrogen) atoms. The van der Waals surface area contributed by atoms with E-state index in [0.717, 1.165) is 30.7 Å². The number of nitrogens with one attached hydrogen (secondary N) is 1. The largest absolute Gasteiger partial charge is 0.336 e. The van der Waals surface area contributed by atoms with Gasteiger partial charge in [-0.3, -0.25) is 0 Å². The zero-order valence-corrected chi connectivity index (χ0v) is 8.31. The van der Waals surface area contributed by atoms with Crippen LogP contribution in [0, 0.1) is 0 Å². The van der Waals surface area contributed by atoms with Crippen LogP contribution in [-0.2, 0) is 0 Å². The quantitative estimate of drug-likeness (QED) is 0.753. The zero-order valence-electron chi connectivity index (χ0n) is 8.31. The van der Waals surface area contributed by atoms with Crippen molar-refractivity contribution < 1.29 is 4.52 Å². The molecule has 0 aliphatic carbocycles. The van der Waals surface area contributed by atoms with E-state index in [0.29, 0.717) is 11.6 Å². The molecular formula is C10H12N4O. The first-order valence-corrected chi connectivity index (χ1v) is 5.21. The first kappa shape index (κ1) is 8.79. The normalized spacial score (nSPS) is 22.0. The molecule has 1 fully saturated rings. The Hall–Kier alpha value is -1.49. The third-order valence-corrected chi connectivity index (χ3v) is 2.79. The fourth-order valence-corrected chi connectivity index (χ4v) is 1.95. The molecule has 1 aliphatic heterocycles. The lowest BCUT2D eigenvalue weighted by molar-refractivity contribution is 0.431. The summed E-state index contributed by atoms with van der Waals surface area (Å²) >= 11 is 0. The second-order valence-corrected chi connectivity index (χ2v) is 3.86. The molecule has 1 unspecified atom stereocenters. The average molecular weight is 204 g/mol. The molecule has 3 heterocycles. The topological polar surface area (TPSA) is 63.8 Å². The van der Waals surface area contributed by atoms with E-state index < -0.39 is 0 Å². The van der Waals surface area contributed by atoms with E-state index in [-0.39, 0.29) is 0 Å². The van der Waals surface area contributed by atoms with Gasteiger partial charge in [-0.15, -0.1) is 0 Å². The summed E-state index contributed by atoms with van der Waals surface area (Å²) in [5.74, 6) is 1.28. The first-order valence-electron chi connectivity index (χ1n) is 5.21. The fourth-order valence-electron chi connectivity index (χ4n) is 1.95. The van der Waals surface area contributed by atoms with Crippen LogP contribution in [0.1, 0.15) is 24.6 Å². The van der Waals surface area contributed by atoms with Gasteiger partial charge >= 0.3 is 0 Å². The maximum absolute atomic E-state index is 5.03. The third-order valence-electron chi connectivity index (χ3n) is 2.79. The number of hydrogen-bond acceptors (Lipinski definition) is 5. The fraction of sp³-hybridized carbons (Fsp3) is 0.500. The van der Waals surface area contributed by atoms with Crippen LogP contribution in [0.2, 0.25) is 0 Å². The van der Waals surface area contributed by atoms with Crippen molar-refractivity contribution in [2.45, 2.75) is 18.8 Å². The number of fused-ring (bicyclic) bond motifs is 1. The van der Waals surface area contributed by atoms with Crippen molar-refractivity contribution in [3.05, 3.63) is 18.2 Å². The van der Waals surface area contributed by atoms with Crippen LogP contribution in [0.5, 0.6) is 0 Å². The first-order chi connectivity index (χ1) is 7.43. The minimum Gasteiger partial charge on any atom is -0.336 e. The maximum Gasteiger partial charge on any atom is 0.260 e. The molecule has 0 aromatic carbocycles. The summed E-state index contributed by atoms with van der Waals surface area (Å²) in [6, 6.07) is 0. The highest BCUT2D eigenvalue weighted by Gasteiger charge is 2.18. The molecule has 1 aliphatic rings. The number of aromatic nitrogens is 3. The molecule has 78 valence electrons. The molecule has 0 spiro atoms. The van der Waals surface area contributed by atoms with Crippen molar-refractivity contribution in [2.24, 2.45) is 0 Å². The summed E-state index contributed by atoms with van der Waals surface area (Å²) < 4.78 is 5.03. The van der Waals surface area contributed by atoms with Crippen molar-refractivity contribution in [3.63, 3.8) is 0 Å². The molecule has 0 radical (unpaired) electrons. The average Bonchev–Trinajstić information content (AvgIpc) is 2.77. The standard InChI is InChI=1S/C10H12N4O/c1-2-7(4-11-3-1)9-12-5-8-6-13-15-10(8)14-9/h5-7,11H,1-4H2. The second kappa shape index (κ2) is 3.58. The van der Waals surface area contributed by atoms with Gasteiger partial charge in [0.05, 0.1) is 11.6 Å². The molecule has 5 heteroatoms. The summed E-state index contributed by atoms with van der Waals surface area (Å²) in [6.07, 6.45) is 5.75. The molecule has 0 saturated carbocycles. The van der Waals surface area contributed by atoms with Crippen LogP contribution in [0.3, 0.4) is 0 Å². The molecule has 1 atom stereocenters. The Morgan fingerprint density at radius 3 is 3.27 bits per heavy atom. The predicted molar refractivity (Wildman–Crippen MR) is 54.4 cm³/mol. The van der Waals surface area contributed by atoms with Gasteiger partial charge in [-0.2, -0.15) is 4.98 Å². The maximum atomic E-state index is 5.03. The Morgan fingerprint density at radius 1 is 1.40 bits per heavy atom. The molecule has 0 bridgehead atoms. The van der Waals surface area contributed by atoms with E-state index in [1.807, 2.05) is 0 Å². The lowest BCUT2D eigenvalue weighted by Gasteiger charge is -2.20. The van der Waals surface area contributed by atoms with Gasteiger partial charge in [-0.25, -0.2) is 4.98 Å². The highest BCUT2D eigenvalue weighted by atomic mass is 16.5. The molecular weight excluding hydrogens is 192 g/mol. The number of piperidine rings is 1. The minimum absolute atomic E-state index is 0.410. The van der Waals surface area contributed by atoms with Gasteiger partial charge in [-0.1, -0.05) is 5.16 Å². The summed E-state index contributed by atoms with van der Waals surface area (Å²) in [5.41, 5.74) is 0.588. The molecule has 1 saturated heterocycles. The van der Waals surface area contributed by atoms with Crippen LogP contribution >= 0.6 is 0 Å². The summed E-state index contributed by atoms with van der Waals surface area (Å²) in [4.78, 5) is 8.73. The van der Waals surface area contributed by atoms with E-state index >= 15 is 0 Å². The van der Waals surface area contributed by atoms with Crippen LogP contribution in [0.25, 0.3) is 11.1 Å². The Kier molecular flexibility index (Phi) is 2.10. The van der Waals surface area contributed by atoms with Crippen molar-refractivity contribution in [3.8, 4) is 0 Å². The van der Waals surface area contributed by atoms with Gasteiger partial charge < -0.3 is 9.84 Å². The highest BCUT2D eigenvalue weighted by Crippen LogP contribution is 2.21. The number of hydrogen-bond donors (Lipinski definition) is 1. The molecule has 5 nitrogen and oxygen atoms in total. The van der Waals surface area contributed by atoms with Gasteiger partial charge in [0.15, 0.2) is 0 Å². The van der Waals surface area contributed by atoms with E-state index in [1.165, 1.54) is 6.42 Å². The van der Waals surface area contributed by atoms with Crippen molar-refractivity contribution in [1.82, 2.24) is 20.4 Å². The summed E-state index contributed by atoms with van der Waals surface area (Å²) in [5, 5.41) is 7.91. The van der Waals surface area contributed by atoms with Crippen LogP contribution in [-0.4, -0.2) is 28.2 Å². The van der Waals surface area contributed by atoms with Gasteiger partial charge in [0.25, 0.3) is 5.71 Å². The van der Waals surface area contributed by atoms with Crippen LogP contribution in [0.15, 0.2) is 16.9 Å². The minimum atomic E-state index is 0.410. The van der Waals surface area contributed by atoms with E-state index in [9.17, 15) is 0 Å². The van der Waals surface area contributed by atoms with E-state index in [1.54, 1.807) is 12.4 Å². The SMILES string of the molecule is c1noc2nc(C3CCCNC3)ncc12.